The maximum absolute atomic E-state index is 15.8. The number of rotatable bonds is 3. The molecule has 0 radical (unpaired) electrons. The Labute approximate surface area is 164 Å². The maximum atomic E-state index is 15.8. The molecule has 0 saturated heterocycles. The summed E-state index contributed by atoms with van der Waals surface area (Å²) in [5, 5.41) is 9.39. The van der Waals surface area contributed by atoms with Gasteiger partial charge in [-0.1, -0.05) is 58.0 Å². The molecule has 2 nitrogen and oxygen atoms in total. The van der Waals surface area contributed by atoms with E-state index >= 15 is 4.39 Å². The molecule has 142 valence electrons. The lowest BCUT2D eigenvalue weighted by atomic mass is 9.62. The number of carbonyl (C=O) groups is 1. The predicted octanol–water partition coefficient (Wildman–Crippen LogP) is 6.59. The van der Waals surface area contributed by atoms with Crippen LogP contribution in [0.25, 0.3) is 5.57 Å². The third-order valence-electron chi connectivity index (χ3n) is 5.78. The molecule has 2 aromatic rings. The summed E-state index contributed by atoms with van der Waals surface area (Å²) in [4.78, 5) is 11.0. The first-order valence-corrected chi connectivity index (χ1v) is 9.39. The van der Waals surface area contributed by atoms with E-state index in [2.05, 4.69) is 34.3 Å². The van der Waals surface area contributed by atoms with Crippen LogP contribution in [-0.2, 0) is 10.8 Å². The van der Waals surface area contributed by atoms with Crippen molar-refractivity contribution in [1.29, 1.82) is 0 Å². The van der Waals surface area contributed by atoms with Gasteiger partial charge in [-0.3, -0.25) is 0 Å². The average molecular weight is 387 g/mol. The normalized spacial score (nSPS) is 17.3. The van der Waals surface area contributed by atoms with Crippen molar-refractivity contribution >= 4 is 23.1 Å². The Hall–Kier alpha value is -2.13. The van der Waals surface area contributed by atoms with Crippen LogP contribution < -0.4 is 0 Å². The molecule has 2 aromatic carbocycles. The van der Waals surface area contributed by atoms with Gasteiger partial charge in [0.05, 0.1) is 10.6 Å². The molecular formula is C23H24ClFO2. The Morgan fingerprint density at radius 2 is 1.59 bits per heavy atom. The summed E-state index contributed by atoms with van der Waals surface area (Å²) >= 11 is 6.52. The second kappa shape index (κ2) is 6.49. The lowest BCUT2D eigenvalue weighted by molar-refractivity contribution is 0.0697. The third-order valence-corrected chi connectivity index (χ3v) is 6.08. The molecule has 0 spiro atoms. The number of hydrogen-bond acceptors (Lipinski definition) is 1. The van der Waals surface area contributed by atoms with Gasteiger partial charge in [0.2, 0.25) is 0 Å². The highest BCUT2D eigenvalue weighted by Crippen LogP contribution is 2.49. The van der Waals surface area contributed by atoms with E-state index < -0.39 is 5.97 Å². The molecule has 0 aliphatic heterocycles. The van der Waals surface area contributed by atoms with E-state index in [0.717, 1.165) is 18.4 Å². The minimum absolute atomic E-state index is 0.141. The summed E-state index contributed by atoms with van der Waals surface area (Å²) in [7, 11) is 0. The Bertz CT molecular complexity index is 940. The Morgan fingerprint density at radius 1 is 1.07 bits per heavy atom. The number of aromatic carboxylic acids is 1. The van der Waals surface area contributed by atoms with Gasteiger partial charge in [-0.25, -0.2) is 9.18 Å². The molecule has 0 heterocycles. The molecule has 0 atom stereocenters. The topological polar surface area (TPSA) is 37.3 Å². The first kappa shape index (κ1) is 19.6. The van der Waals surface area contributed by atoms with Crippen molar-refractivity contribution in [2.45, 2.75) is 51.4 Å². The maximum Gasteiger partial charge on any atom is 0.335 e. The highest BCUT2D eigenvalue weighted by molar-refractivity contribution is 6.32. The van der Waals surface area contributed by atoms with Crippen molar-refractivity contribution in [2.75, 3.05) is 0 Å². The quantitative estimate of drug-likeness (QED) is 0.646. The SMILES string of the molecule is C=C(c1ccc(C(=O)O)cc1)c1c(Cl)cc2c(c1F)C(C)(C)CCC2(C)C. The van der Waals surface area contributed by atoms with Gasteiger partial charge in [0, 0.05) is 5.56 Å². The standard InChI is InChI=1S/C23H24ClFO2/c1-13(14-6-8-15(9-7-14)21(26)27)18-17(24)12-16-19(20(18)25)23(4,5)11-10-22(16,2)3/h6-9,12H,1,10-11H2,2-5H3,(H,26,27). The minimum atomic E-state index is -1.01. The van der Waals surface area contributed by atoms with Gasteiger partial charge < -0.3 is 5.11 Å². The summed E-state index contributed by atoms with van der Waals surface area (Å²) in [6, 6.07) is 8.12. The van der Waals surface area contributed by atoms with Crippen LogP contribution in [-0.4, -0.2) is 11.1 Å². The fraction of sp³-hybridized carbons (Fsp3) is 0.348. The van der Waals surface area contributed by atoms with Crippen molar-refractivity contribution in [2.24, 2.45) is 0 Å². The zero-order valence-electron chi connectivity index (χ0n) is 16.1. The Balaban J connectivity index is 2.17. The number of benzene rings is 2. The second-order valence-corrected chi connectivity index (χ2v) is 9.01. The van der Waals surface area contributed by atoms with Gasteiger partial charge in [0.1, 0.15) is 5.82 Å². The van der Waals surface area contributed by atoms with Gasteiger partial charge in [-0.2, -0.15) is 0 Å². The fourth-order valence-corrected chi connectivity index (χ4v) is 4.24. The highest BCUT2D eigenvalue weighted by Gasteiger charge is 2.40. The molecular weight excluding hydrogens is 363 g/mol. The first-order valence-electron chi connectivity index (χ1n) is 9.02. The van der Waals surface area contributed by atoms with E-state index in [1.54, 1.807) is 12.1 Å². The average Bonchev–Trinajstić information content (AvgIpc) is 2.58. The Morgan fingerprint density at radius 3 is 2.15 bits per heavy atom. The molecule has 3 rings (SSSR count). The second-order valence-electron chi connectivity index (χ2n) is 8.60. The lowest BCUT2D eigenvalue weighted by Gasteiger charge is -2.42. The summed E-state index contributed by atoms with van der Waals surface area (Å²) in [5.74, 6) is -1.32. The van der Waals surface area contributed by atoms with Crippen molar-refractivity contribution in [1.82, 2.24) is 0 Å². The van der Waals surface area contributed by atoms with Crippen molar-refractivity contribution in [3.05, 3.63) is 75.6 Å². The van der Waals surface area contributed by atoms with E-state index in [1.807, 2.05) is 6.07 Å². The molecule has 4 heteroatoms. The Kier molecular flexibility index (Phi) is 4.72. The van der Waals surface area contributed by atoms with Gasteiger partial charge in [-0.05, 0) is 64.1 Å². The van der Waals surface area contributed by atoms with Crippen LogP contribution in [0.4, 0.5) is 4.39 Å². The molecule has 0 amide bonds. The van der Waals surface area contributed by atoms with Gasteiger partial charge in [-0.15, -0.1) is 0 Å². The van der Waals surface area contributed by atoms with Crippen LogP contribution in [0.5, 0.6) is 0 Å². The zero-order chi connectivity index (χ0) is 20.1. The highest BCUT2D eigenvalue weighted by atomic mass is 35.5. The van der Waals surface area contributed by atoms with E-state index in [1.165, 1.54) is 12.1 Å². The monoisotopic (exact) mass is 386 g/mol. The molecule has 1 aliphatic carbocycles. The molecule has 1 N–H and O–H groups in total. The lowest BCUT2D eigenvalue weighted by Crippen LogP contribution is -2.35. The van der Waals surface area contributed by atoms with Crippen molar-refractivity contribution < 1.29 is 14.3 Å². The van der Waals surface area contributed by atoms with E-state index in [0.29, 0.717) is 27.3 Å². The summed E-state index contributed by atoms with van der Waals surface area (Å²) < 4.78 is 15.8. The van der Waals surface area contributed by atoms with Gasteiger partial charge in [0.15, 0.2) is 0 Å². The van der Waals surface area contributed by atoms with Crippen LogP contribution >= 0.6 is 11.6 Å². The minimum Gasteiger partial charge on any atom is -0.478 e. The molecule has 0 bridgehead atoms. The number of halogens is 2. The fourth-order valence-electron chi connectivity index (χ4n) is 3.93. The van der Waals surface area contributed by atoms with Crippen molar-refractivity contribution in [3.63, 3.8) is 0 Å². The van der Waals surface area contributed by atoms with Crippen LogP contribution in [0.2, 0.25) is 5.02 Å². The summed E-state index contributed by atoms with van der Waals surface area (Å²) in [6.45, 7) is 12.4. The zero-order valence-corrected chi connectivity index (χ0v) is 16.9. The van der Waals surface area contributed by atoms with E-state index in [-0.39, 0.29) is 22.2 Å². The summed E-state index contributed by atoms with van der Waals surface area (Å²) in [5.41, 5.74) is 2.81. The van der Waals surface area contributed by atoms with Crippen LogP contribution in [0.3, 0.4) is 0 Å². The summed E-state index contributed by atoms with van der Waals surface area (Å²) in [6.07, 6.45) is 1.87. The molecule has 0 aromatic heterocycles. The number of hydrogen-bond donors (Lipinski definition) is 1. The van der Waals surface area contributed by atoms with E-state index in [4.69, 9.17) is 16.7 Å². The largest absolute Gasteiger partial charge is 0.478 e. The number of fused-ring (bicyclic) bond motifs is 1. The van der Waals surface area contributed by atoms with Crippen LogP contribution in [0.1, 0.15) is 73.1 Å². The number of carboxylic acids is 1. The molecule has 27 heavy (non-hydrogen) atoms. The van der Waals surface area contributed by atoms with Crippen molar-refractivity contribution in [3.8, 4) is 0 Å². The number of carboxylic acid groups (broad SMARTS) is 1. The molecule has 0 unspecified atom stereocenters. The first-order chi connectivity index (χ1) is 12.5. The van der Waals surface area contributed by atoms with Crippen LogP contribution in [0.15, 0.2) is 36.9 Å². The van der Waals surface area contributed by atoms with E-state index in [9.17, 15) is 4.79 Å². The third kappa shape index (κ3) is 3.29. The molecule has 1 aliphatic rings. The van der Waals surface area contributed by atoms with Crippen LogP contribution in [0, 0.1) is 5.82 Å². The smallest absolute Gasteiger partial charge is 0.335 e. The molecule has 0 saturated carbocycles. The van der Waals surface area contributed by atoms with Gasteiger partial charge >= 0.3 is 5.97 Å². The van der Waals surface area contributed by atoms with Gasteiger partial charge in [0.25, 0.3) is 0 Å². The molecule has 0 fully saturated rings. The predicted molar refractivity (Wildman–Crippen MR) is 108 cm³/mol.